The van der Waals surface area contributed by atoms with E-state index in [2.05, 4.69) is 27.7 Å². The Hall–Kier alpha value is -0.0138. The Bertz CT molecular complexity index is 114. The number of hydrogen-bond acceptors (Lipinski definition) is 0. The summed E-state index contributed by atoms with van der Waals surface area (Å²) in [6.45, 7) is 11.4. The predicted octanol–water partition coefficient (Wildman–Crippen LogP) is 4.55. The first-order chi connectivity index (χ1) is 6.83. The summed E-state index contributed by atoms with van der Waals surface area (Å²) in [6.07, 6.45) is 4.56. The molecule has 1 heteroatoms. The van der Waals surface area contributed by atoms with Crippen molar-refractivity contribution in [1.29, 1.82) is 0 Å². The van der Waals surface area contributed by atoms with Crippen molar-refractivity contribution in [1.82, 2.24) is 0 Å². The van der Waals surface area contributed by atoms with E-state index in [0.717, 1.165) is 12.8 Å². The van der Waals surface area contributed by atoms with E-state index in [9.17, 15) is 0 Å². The third-order valence-electron chi connectivity index (χ3n) is 1.37. The van der Waals surface area contributed by atoms with Crippen molar-refractivity contribution in [3.63, 3.8) is 0 Å². The summed E-state index contributed by atoms with van der Waals surface area (Å²) < 4.78 is 0. The summed E-state index contributed by atoms with van der Waals surface area (Å²) in [7, 11) is 0. The fraction of sp³-hybridized carbons (Fsp3) is 0.429. The summed E-state index contributed by atoms with van der Waals surface area (Å²) in [5.74, 6) is 0. The number of unbranched alkanes of at least 4 members (excludes halogenated alkanes) is 2. The molecule has 1 aromatic rings. The maximum atomic E-state index is 3.60. The molecule has 0 radical (unpaired) electrons. The van der Waals surface area contributed by atoms with Gasteiger partial charge in [0.2, 0.25) is 0 Å². The monoisotopic (exact) mass is 216 g/mol. The Balaban J connectivity index is -0.000000145. The van der Waals surface area contributed by atoms with Crippen LogP contribution in [0.4, 0.5) is 0 Å². The van der Waals surface area contributed by atoms with Crippen molar-refractivity contribution < 1.29 is 0 Å². The largest absolute Gasteiger partial charge is 2.00 e. The Morgan fingerprint density at radius 1 is 0.667 bits per heavy atom. The zero-order valence-electron chi connectivity index (χ0n) is 10.4. The second kappa shape index (κ2) is 23.7. The second-order valence-electron chi connectivity index (χ2n) is 2.86. The van der Waals surface area contributed by atoms with Crippen LogP contribution >= 0.6 is 0 Å². The Kier molecular flexibility index (Phi) is 32.2. The molecule has 0 spiro atoms. The molecule has 1 rings (SSSR count). The van der Waals surface area contributed by atoms with Crippen LogP contribution < -0.4 is 0 Å². The topological polar surface area (TPSA) is 0 Å². The summed E-state index contributed by atoms with van der Waals surface area (Å²) in [5, 5.41) is 0. The molecular weight excluding hydrogens is 192 g/mol. The molecule has 0 bridgehead atoms. The van der Waals surface area contributed by atoms with E-state index < -0.39 is 0 Å². The summed E-state index contributed by atoms with van der Waals surface area (Å²) in [6, 6.07) is 12.0. The van der Waals surface area contributed by atoms with Crippen molar-refractivity contribution >= 4 is 23.1 Å². The zero-order valence-corrected chi connectivity index (χ0v) is 11.8. The normalized spacial score (nSPS) is 7.20. The molecule has 1 aromatic carbocycles. The van der Waals surface area contributed by atoms with E-state index >= 15 is 0 Å². The quantitative estimate of drug-likeness (QED) is 0.503. The first kappa shape index (κ1) is 20.4. The molecule has 0 fully saturated rings. The molecule has 0 aliphatic carbocycles. The number of hydrogen-bond donors (Lipinski definition) is 0. The van der Waals surface area contributed by atoms with Crippen LogP contribution in [-0.2, 0) is 0 Å². The Morgan fingerprint density at radius 3 is 0.867 bits per heavy atom. The van der Waals surface area contributed by atoms with Crippen LogP contribution in [0.15, 0.2) is 36.4 Å². The first-order valence-electron chi connectivity index (χ1n) is 5.41. The fourth-order valence-electron chi connectivity index (χ4n) is 0.385. The van der Waals surface area contributed by atoms with Gasteiger partial charge in [0.15, 0.2) is 0 Å². The smallest absolute Gasteiger partial charge is 0.343 e. The van der Waals surface area contributed by atoms with Gasteiger partial charge in [-0.3, -0.25) is 0 Å². The molecule has 0 saturated carbocycles. The fourth-order valence-corrected chi connectivity index (χ4v) is 0.385. The molecule has 0 aliphatic rings. The van der Waals surface area contributed by atoms with E-state index in [1.807, 2.05) is 36.4 Å². The van der Waals surface area contributed by atoms with Crippen molar-refractivity contribution in [3.8, 4) is 0 Å². The predicted molar refractivity (Wildman–Crippen MR) is 72.7 cm³/mol. The van der Waals surface area contributed by atoms with E-state index in [1.54, 1.807) is 0 Å². The first-order valence-corrected chi connectivity index (χ1v) is 5.41. The van der Waals surface area contributed by atoms with Gasteiger partial charge < -0.3 is 13.8 Å². The van der Waals surface area contributed by atoms with Gasteiger partial charge in [-0.05, 0) is 0 Å². The van der Waals surface area contributed by atoms with Gasteiger partial charge in [0.05, 0.1) is 0 Å². The summed E-state index contributed by atoms with van der Waals surface area (Å²) in [5.41, 5.74) is 0. The zero-order chi connectivity index (χ0) is 11.1. The van der Waals surface area contributed by atoms with E-state index in [-0.39, 0.29) is 23.1 Å². The van der Waals surface area contributed by atoms with Gasteiger partial charge in [0, 0.05) is 0 Å². The van der Waals surface area contributed by atoms with Crippen LogP contribution in [0.25, 0.3) is 0 Å². The van der Waals surface area contributed by atoms with Gasteiger partial charge in [-0.2, -0.15) is 12.8 Å². The molecule has 82 valence electrons. The van der Waals surface area contributed by atoms with Crippen LogP contribution in [0.2, 0.25) is 0 Å². The Labute approximate surface area is 113 Å². The van der Waals surface area contributed by atoms with Crippen LogP contribution in [0.3, 0.4) is 0 Å². The number of rotatable bonds is 2. The maximum absolute atomic E-state index is 3.60. The summed E-state index contributed by atoms with van der Waals surface area (Å²) >= 11 is 0. The SMILES string of the molecule is [CH2-]CCC.[CH2-]CCC.[Mg+2].c1ccccc1. The van der Waals surface area contributed by atoms with Crippen molar-refractivity contribution in [2.75, 3.05) is 0 Å². The molecule has 0 atom stereocenters. The molecule has 0 aromatic heterocycles. The minimum atomic E-state index is 0. The van der Waals surface area contributed by atoms with E-state index in [1.165, 1.54) is 12.8 Å². The summed E-state index contributed by atoms with van der Waals surface area (Å²) in [4.78, 5) is 0. The van der Waals surface area contributed by atoms with Crippen LogP contribution in [0.5, 0.6) is 0 Å². The second-order valence-corrected chi connectivity index (χ2v) is 2.86. The molecule has 0 amide bonds. The van der Waals surface area contributed by atoms with Gasteiger partial charge in [0.1, 0.15) is 0 Å². The average Bonchev–Trinajstić information content (AvgIpc) is 2.32. The van der Waals surface area contributed by atoms with Crippen LogP contribution in [0, 0.1) is 13.8 Å². The minimum Gasteiger partial charge on any atom is -0.343 e. The van der Waals surface area contributed by atoms with Crippen molar-refractivity contribution in [2.24, 2.45) is 0 Å². The maximum Gasteiger partial charge on any atom is 2.00 e. The van der Waals surface area contributed by atoms with Crippen LogP contribution in [0.1, 0.15) is 39.5 Å². The van der Waals surface area contributed by atoms with E-state index in [4.69, 9.17) is 0 Å². The third kappa shape index (κ3) is 31.5. The van der Waals surface area contributed by atoms with Gasteiger partial charge in [-0.25, -0.2) is 0 Å². The van der Waals surface area contributed by atoms with Gasteiger partial charge in [0.25, 0.3) is 0 Å². The van der Waals surface area contributed by atoms with Gasteiger partial charge >= 0.3 is 23.1 Å². The van der Waals surface area contributed by atoms with E-state index in [0.29, 0.717) is 0 Å². The van der Waals surface area contributed by atoms with Crippen molar-refractivity contribution in [2.45, 2.75) is 39.5 Å². The third-order valence-corrected chi connectivity index (χ3v) is 1.37. The van der Waals surface area contributed by atoms with Crippen molar-refractivity contribution in [3.05, 3.63) is 50.2 Å². The average molecular weight is 217 g/mol. The molecule has 0 nitrogen and oxygen atoms in total. The van der Waals surface area contributed by atoms with Gasteiger partial charge in [-0.1, -0.05) is 63.1 Å². The molecule has 0 saturated heterocycles. The Morgan fingerprint density at radius 2 is 0.800 bits per heavy atom. The minimum absolute atomic E-state index is 0. The molecule has 0 unspecified atom stereocenters. The molecule has 15 heavy (non-hydrogen) atoms. The molecule has 0 aliphatic heterocycles. The van der Waals surface area contributed by atoms with Gasteiger partial charge in [-0.15, -0.1) is 0 Å². The standard InChI is InChI=1S/C6H6.2C4H9.Mg/c1-2-4-6-5-3-1;2*1-3-4-2;/h1-6H;2*1,3-4H2,2H3;/q;2*-1;+2. The molecular formula is C14H24Mg. The van der Waals surface area contributed by atoms with Crippen LogP contribution in [-0.4, -0.2) is 23.1 Å². The number of benzene rings is 1. The molecule has 0 heterocycles. The molecule has 0 N–H and O–H groups in total.